The predicted octanol–water partition coefficient (Wildman–Crippen LogP) is 4.44. The third-order valence-electron chi connectivity index (χ3n) is 3.84. The van der Waals surface area contributed by atoms with Crippen molar-refractivity contribution in [2.45, 2.75) is 19.4 Å². The molecule has 0 aromatic heterocycles. The molecule has 0 saturated carbocycles. The van der Waals surface area contributed by atoms with Crippen LogP contribution in [0.25, 0.3) is 0 Å². The molecule has 0 saturated heterocycles. The molecule has 0 aliphatic rings. The van der Waals surface area contributed by atoms with Crippen LogP contribution in [-0.2, 0) is 6.54 Å². The molecule has 0 aliphatic carbocycles. The highest BCUT2D eigenvalue weighted by molar-refractivity contribution is 14.0. The van der Waals surface area contributed by atoms with Gasteiger partial charge in [-0.05, 0) is 29.3 Å². The molecule has 1 unspecified atom stereocenters. The van der Waals surface area contributed by atoms with E-state index in [1.54, 1.807) is 14.2 Å². The maximum absolute atomic E-state index is 5.90. The summed E-state index contributed by atoms with van der Waals surface area (Å²) in [4.78, 5) is 4.27. The minimum absolute atomic E-state index is 0. The van der Waals surface area contributed by atoms with Crippen LogP contribution in [0.1, 0.15) is 24.0 Å². The van der Waals surface area contributed by atoms with Crippen molar-refractivity contribution in [3.8, 4) is 5.75 Å². The second kappa shape index (κ2) is 11.2. The third kappa shape index (κ3) is 6.74. The zero-order valence-electron chi connectivity index (χ0n) is 14.8. The van der Waals surface area contributed by atoms with Gasteiger partial charge < -0.3 is 15.4 Å². The van der Waals surface area contributed by atoms with Gasteiger partial charge in [-0.2, -0.15) is 0 Å². The molecule has 25 heavy (non-hydrogen) atoms. The Bertz CT molecular complexity index is 677. The molecule has 2 rings (SSSR count). The molecule has 2 N–H and O–H groups in total. The maximum Gasteiger partial charge on any atom is 0.191 e. The van der Waals surface area contributed by atoms with Gasteiger partial charge in [-0.1, -0.05) is 48.9 Å². The van der Waals surface area contributed by atoms with Gasteiger partial charge in [-0.3, -0.25) is 4.99 Å². The summed E-state index contributed by atoms with van der Waals surface area (Å²) < 4.78 is 5.43. The lowest BCUT2D eigenvalue weighted by molar-refractivity contribution is 0.406. The molecule has 0 heterocycles. The lowest BCUT2D eigenvalue weighted by Gasteiger charge is -2.18. The van der Waals surface area contributed by atoms with Gasteiger partial charge in [0.2, 0.25) is 0 Å². The van der Waals surface area contributed by atoms with Crippen molar-refractivity contribution in [3.63, 3.8) is 0 Å². The molecule has 6 heteroatoms. The molecule has 136 valence electrons. The quantitative estimate of drug-likeness (QED) is 0.370. The number of ether oxygens (including phenoxy) is 1. The van der Waals surface area contributed by atoms with E-state index in [0.29, 0.717) is 12.5 Å². The first kappa shape index (κ1) is 21.6. The molecule has 0 spiro atoms. The summed E-state index contributed by atoms with van der Waals surface area (Å²) in [6, 6.07) is 15.9. The number of nitrogens with zero attached hydrogens (tertiary/aromatic N) is 1. The monoisotopic (exact) mass is 473 g/mol. The summed E-state index contributed by atoms with van der Waals surface area (Å²) in [7, 11) is 3.47. The lowest BCUT2D eigenvalue weighted by atomic mass is 10.0. The molecule has 0 amide bonds. The van der Waals surface area contributed by atoms with E-state index in [2.05, 4.69) is 28.6 Å². The normalized spacial score (nSPS) is 12.1. The summed E-state index contributed by atoms with van der Waals surface area (Å²) in [5, 5.41) is 7.41. The zero-order valence-corrected chi connectivity index (χ0v) is 17.8. The first-order valence-electron chi connectivity index (χ1n) is 7.96. The number of nitrogens with one attached hydrogen (secondary N) is 2. The molecule has 0 aliphatic heterocycles. The minimum atomic E-state index is 0. The minimum Gasteiger partial charge on any atom is -0.496 e. The average Bonchev–Trinajstić information content (AvgIpc) is 2.63. The van der Waals surface area contributed by atoms with E-state index in [0.717, 1.165) is 28.8 Å². The fraction of sp³-hybridized carbons (Fsp3) is 0.316. The molecule has 0 fully saturated rings. The van der Waals surface area contributed by atoms with Crippen LogP contribution in [-0.4, -0.2) is 26.7 Å². The average molecular weight is 474 g/mol. The number of aliphatic imine (C=N–C) groups is 1. The predicted molar refractivity (Wildman–Crippen MR) is 116 cm³/mol. The molecule has 4 nitrogen and oxygen atoms in total. The first-order chi connectivity index (χ1) is 11.6. The van der Waals surface area contributed by atoms with Crippen molar-refractivity contribution in [1.82, 2.24) is 10.6 Å². The van der Waals surface area contributed by atoms with Crippen LogP contribution in [0.3, 0.4) is 0 Å². The van der Waals surface area contributed by atoms with Crippen molar-refractivity contribution < 1.29 is 4.74 Å². The Hall–Kier alpha value is -1.47. The summed E-state index contributed by atoms with van der Waals surface area (Å²) in [5.74, 6) is 1.98. The summed E-state index contributed by atoms with van der Waals surface area (Å²) >= 11 is 5.90. The van der Waals surface area contributed by atoms with Gasteiger partial charge in [0.25, 0.3) is 0 Å². The van der Waals surface area contributed by atoms with Gasteiger partial charge in [0.15, 0.2) is 5.96 Å². The molecule has 0 bridgehead atoms. The largest absolute Gasteiger partial charge is 0.496 e. The highest BCUT2D eigenvalue weighted by Gasteiger charge is 2.11. The van der Waals surface area contributed by atoms with Crippen LogP contribution in [0.5, 0.6) is 5.75 Å². The van der Waals surface area contributed by atoms with E-state index in [1.807, 2.05) is 42.5 Å². The Morgan fingerprint density at radius 1 is 1.12 bits per heavy atom. The highest BCUT2D eigenvalue weighted by Crippen LogP contribution is 2.25. The smallest absolute Gasteiger partial charge is 0.191 e. The number of benzene rings is 2. The molecule has 2 aromatic carbocycles. The van der Waals surface area contributed by atoms with E-state index in [-0.39, 0.29) is 24.0 Å². The van der Waals surface area contributed by atoms with Gasteiger partial charge in [0, 0.05) is 31.1 Å². The highest BCUT2D eigenvalue weighted by atomic mass is 127. The topological polar surface area (TPSA) is 45.7 Å². The van der Waals surface area contributed by atoms with Gasteiger partial charge in [0.1, 0.15) is 5.75 Å². The Balaban J connectivity index is 0.00000312. The number of hydrogen-bond acceptors (Lipinski definition) is 2. The molecular formula is C19H25ClIN3O. The van der Waals surface area contributed by atoms with Crippen LogP contribution in [0, 0.1) is 0 Å². The Morgan fingerprint density at radius 3 is 2.44 bits per heavy atom. The van der Waals surface area contributed by atoms with Gasteiger partial charge in [-0.25, -0.2) is 0 Å². The summed E-state index contributed by atoms with van der Waals surface area (Å²) in [6.45, 7) is 3.62. The van der Waals surface area contributed by atoms with Crippen LogP contribution >= 0.6 is 35.6 Å². The van der Waals surface area contributed by atoms with E-state index >= 15 is 0 Å². The second-order valence-corrected chi connectivity index (χ2v) is 6.01. The number of guanidine groups is 1. The van der Waals surface area contributed by atoms with Gasteiger partial charge in [-0.15, -0.1) is 24.0 Å². The second-order valence-electron chi connectivity index (χ2n) is 5.58. The van der Waals surface area contributed by atoms with Gasteiger partial charge in [0.05, 0.1) is 7.11 Å². The third-order valence-corrected chi connectivity index (χ3v) is 4.09. The van der Waals surface area contributed by atoms with Crippen LogP contribution < -0.4 is 15.4 Å². The van der Waals surface area contributed by atoms with Crippen molar-refractivity contribution in [3.05, 3.63) is 64.7 Å². The van der Waals surface area contributed by atoms with Crippen molar-refractivity contribution in [2.24, 2.45) is 4.99 Å². The van der Waals surface area contributed by atoms with E-state index in [9.17, 15) is 0 Å². The molecular weight excluding hydrogens is 449 g/mol. The number of para-hydroxylation sites is 1. The molecule has 1 atom stereocenters. The number of rotatable bonds is 6. The zero-order chi connectivity index (χ0) is 17.4. The van der Waals surface area contributed by atoms with Crippen LogP contribution in [0.4, 0.5) is 0 Å². The fourth-order valence-electron chi connectivity index (χ4n) is 2.44. The molecule has 2 aromatic rings. The fourth-order valence-corrected chi connectivity index (χ4v) is 2.57. The SMILES string of the molecule is CN=C(NCc1ccc(Cl)cc1)NCC(C)c1ccccc1OC.I. The van der Waals surface area contributed by atoms with Gasteiger partial charge >= 0.3 is 0 Å². The summed E-state index contributed by atoms with van der Waals surface area (Å²) in [5.41, 5.74) is 2.33. The van der Waals surface area contributed by atoms with Crippen molar-refractivity contribution in [2.75, 3.05) is 20.7 Å². The number of methoxy groups -OCH3 is 1. The first-order valence-corrected chi connectivity index (χ1v) is 8.33. The lowest BCUT2D eigenvalue weighted by Crippen LogP contribution is -2.38. The van der Waals surface area contributed by atoms with Crippen molar-refractivity contribution in [1.29, 1.82) is 0 Å². The molecule has 0 radical (unpaired) electrons. The van der Waals surface area contributed by atoms with E-state index < -0.39 is 0 Å². The summed E-state index contributed by atoms with van der Waals surface area (Å²) in [6.07, 6.45) is 0. The van der Waals surface area contributed by atoms with Crippen molar-refractivity contribution >= 4 is 41.5 Å². The number of hydrogen-bond donors (Lipinski definition) is 2. The standard InChI is InChI=1S/C19H24ClN3O.HI/c1-14(17-6-4-5-7-18(17)24-3)12-22-19(21-2)23-13-15-8-10-16(20)11-9-15;/h4-11,14H,12-13H2,1-3H3,(H2,21,22,23);1H. The Labute approximate surface area is 172 Å². The number of halogens is 2. The van der Waals surface area contributed by atoms with Crippen LogP contribution in [0.15, 0.2) is 53.5 Å². The van der Waals surface area contributed by atoms with Crippen LogP contribution in [0.2, 0.25) is 5.02 Å². The Morgan fingerprint density at radius 2 is 1.80 bits per heavy atom. The van der Waals surface area contributed by atoms with E-state index in [1.165, 1.54) is 5.56 Å². The Kier molecular flexibility index (Phi) is 9.67. The van der Waals surface area contributed by atoms with E-state index in [4.69, 9.17) is 16.3 Å². The maximum atomic E-state index is 5.90.